The Balaban J connectivity index is 1.99. The molecule has 1 unspecified atom stereocenters. The van der Waals surface area contributed by atoms with Crippen LogP contribution < -0.4 is 5.32 Å². The van der Waals surface area contributed by atoms with Gasteiger partial charge < -0.3 is 19.6 Å². The molecule has 0 fully saturated rings. The van der Waals surface area contributed by atoms with Gasteiger partial charge in [-0.25, -0.2) is 15.0 Å². The molecule has 3 aromatic rings. The van der Waals surface area contributed by atoms with E-state index in [0.29, 0.717) is 30.3 Å². The third kappa shape index (κ3) is 3.15. The highest BCUT2D eigenvalue weighted by Gasteiger charge is 2.32. The molecule has 0 aromatic carbocycles. The Morgan fingerprint density at radius 2 is 2.00 bits per heavy atom. The zero-order valence-corrected chi connectivity index (χ0v) is 16.5. The highest BCUT2D eigenvalue weighted by molar-refractivity contribution is 6.06. The number of aromatic nitrogens is 3. The summed E-state index contributed by atoms with van der Waals surface area (Å²) in [5.74, 6) is 0.838. The molecule has 2 N–H and O–H groups in total. The SMILES string of the molecule is CC(O)CNc1ncnc2c1oc1nc(C(C)C)c3c(c12)CC(C)(C)OC3. The topological polar surface area (TPSA) is 93.3 Å². The van der Waals surface area contributed by atoms with Crippen molar-refractivity contribution in [2.24, 2.45) is 0 Å². The number of furan rings is 1. The number of hydrogen-bond donors (Lipinski definition) is 2. The molecule has 1 atom stereocenters. The van der Waals surface area contributed by atoms with Gasteiger partial charge in [0.2, 0.25) is 5.71 Å². The van der Waals surface area contributed by atoms with Crippen molar-refractivity contribution >= 4 is 28.0 Å². The molecule has 144 valence electrons. The maximum Gasteiger partial charge on any atom is 0.229 e. The van der Waals surface area contributed by atoms with E-state index in [2.05, 4.69) is 43.0 Å². The fourth-order valence-electron chi connectivity index (χ4n) is 3.68. The Morgan fingerprint density at radius 1 is 1.22 bits per heavy atom. The predicted octanol–water partition coefficient (Wildman–Crippen LogP) is 3.54. The minimum Gasteiger partial charge on any atom is -0.432 e. The van der Waals surface area contributed by atoms with Crippen molar-refractivity contribution in [3.05, 3.63) is 23.1 Å². The lowest BCUT2D eigenvalue weighted by Crippen LogP contribution is -2.33. The van der Waals surface area contributed by atoms with E-state index in [1.165, 1.54) is 11.9 Å². The van der Waals surface area contributed by atoms with E-state index in [-0.39, 0.29) is 11.5 Å². The molecule has 0 spiro atoms. The number of hydrogen-bond acceptors (Lipinski definition) is 7. The van der Waals surface area contributed by atoms with Crippen molar-refractivity contribution in [1.29, 1.82) is 0 Å². The van der Waals surface area contributed by atoms with Gasteiger partial charge in [0, 0.05) is 18.5 Å². The quantitative estimate of drug-likeness (QED) is 0.725. The number of rotatable bonds is 4. The maximum atomic E-state index is 9.58. The van der Waals surface area contributed by atoms with Gasteiger partial charge in [-0.15, -0.1) is 0 Å². The van der Waals surface area contributed by atoms with E-state index >= 15 is 0 Å². The number of nitrogens with zero attached hydrogens (tertiary/aromatic N) is 3. The second-order valence-corrected chi connectivity index (χ2v) is 8.25. The highest BCUT2D eigenvalue weighted by atomic mass is 16.5. The summed E-state index contributed by atoms with van der Waals surface area (Å²) in [7, 11) is 0. The zero-order chi connectivity index (χ0) is 19.3. The Morgan fingerprint density at radius 3 is 2.70 bits per heavy atom. The average molecular weight is 370 g/mol. The molecule has 0 amide bonds. The van der Waals surface area contributed by atoms with Crippen molar-refractivity contribution < 1.29 is 14.3 Å². The molecular weight excluding hydrogens is 344 g/mol. The van der Waals surface area contributed by atoms with E-state index < -0.39 is 6.10 Å². The first-order chi connectivity index (χ1) is 12.8. The Bertz CT molecular complexity index is 1010. The third-order valence-corrected chi connectivity index (χ3v) is 4.97. The van der Waals surface area contributed by atoms with Crippen LogP contribution in [0.4, 0.5) is 5.82 Å². The van der Waals surface area contributed by atoms with Crippen LogP contribution in [0.5, 0.6) is 0 Å². The van der Waals surface area contributed by atoms with Crippen LogP contribution in [0.2, 0.25) is 0 Å². The molecule has 0 radical (unpaired) electrons. The molecule has 1 aliphatic rings. The van der Waals surface area contributed by atoms with Gasteiger partial charge in [-0.3, -0.25) is 0 Å². The van der Waals surface area contributed by atoms with Crippen molar-refractivity contribution in [3.63, 3.8) is 0 Å². The summed E-state index contributed by atoms with van der Waals surface area (Å²) in [5, 5.41) is 13.7. The lowest BCUT2D eigenvalue weighted by Gasteiger charge is -2.33. The first kappa shape index (κ1) is 18.1. The van der Waals surface area contributed by atoms with Crippen molar-refractivity contribution in [2.75, 3.05) is 11.9 Å². The summed E-state index contributed by atoms with van der Waals surface area (Å²) in [6.07, 6.45) is 1.81. The largest absolute Gasteiger partial charge is 0.432 e. The summed E-state index contributed by atoms with van der Waals surface area (Å²) in [6.45, 7) is 11.1. The molecule has 0 saturated carbocycles. The van der Waals surface area contributed by atoms with Crippen LogP contribution in [0.3, 0.4) is 0 Å². The minimum absolute atomic E-state index is 0.250. The first-order valence-electron chi connectivity index (χ1n) is 9.41. The van der Waals surface area contributed by atoms with Gasteiger partial charge in [-0.1, -0.05) is 13.8 Å². The Labute approximate surface area is 158 Å². The lowest BCUT2D eigenvalue weighted by molar-refractivity contribution is -0.0402. The van der Waals surface area contributed by atoms with Crippen LogP contribution in [0.1, 0.15) is 57.4 Å². The highest BCUT2D eigenvalue weighted by Crippen LogP contribution is 2.40. The van der Waals surface area contributed by atoms with E-state index in [0.717, 1.165) is 28.6 Å². The van der Waals surface area contributed by atoms with Gasteiger partial charge in [0.05, 0.1) is 29.4 Å². The minimum atomic E-state index is -0.490. The van der Waals surface area contributed by atoms with Gasteiger partial charge >= 0.3 is 0 Å². The fraction of sp³-hybridized carbons (Fsp3) is 0.550. The summed E-state index contributed by atoms with van der Waals surface area (Å²) in [5.41, 5.74) is 5.04. The molecule has 0 saturated heterocycles. The zero-order valence-electron chi connectivity index (χ0n) is 16.5. The monoisotopic (exact) mass is 370 g/mol. The molecule has 0 aliphatic carbocycles. The maximum absolute atomic E-state index is 9.58. The normalized spacial score (nSPS) is 17.4. The standard InChI is InChI=1S/C20H26N4O3/c1-10(2)15-13-8-26-20(4,5)6-12(13)14-16-17(27-19(14)24-15)18(23-9-22-16)21-7-11(3)25/h9-11,25H,6-8H2,1-5H3,(H,21,22,23). The number of fused-ring (bicyclic) bond motifs is 5. The van der Waals surface area contributed by atoms with Gasteiger partial charge in [0.25, 0.3) is 0 Å². The summed E-state index contributed by atoms with van der Waals surface area (Å²) in [4.78, 5) is 13.6. The molecule has 4 heterocycles. The van der Waals surface area contributed by atoms with E-state index in [4.69, 9.17) is 14.1 Å². The van der Waals surface area contributed by atoms with Crippen LogP contribution in [0.15, 0.2) is 10.7 Å². The second kappa shape index (κ2) is 6.42. The molecule has 7 nitrogen and oxygen atoms in total. The number of aliphatic hydroxyl groups is 1. The summed E-state index contributed by atoms with van der Waals surface area (Å²) < 4.78 is 12.2. The van der Waals surface area contributed by atoms with Gasteiger partial charge in [0.15, 0.2) is 11.4 Å². The molecule has 1 aliphatic heterocycles. The van der Waals surface area contributed by atoms with Crippen LogP contribution in [-0.2, 0) is 17.8 Å². The molecule has 27 heavy (non-hydrogen) atoms. The van der Waals surface area contributed by atoms with Crippen LogP contribution in [-0.4, -0.2) is 38.3 Å². The Hall–Kier alpha value is -2.25. The van der Waals surface area contributed by atoms with Crippen molar-refractivity contribution in [2.45, 2.75) is 65.3 Å². The summed E-state index contributed by atoms with van der Waals surface area (Å²) >= 11 is 0. The number of anilines is 1. The first-order valence-corrected chi connectivity index (χ1v) is 9.41. The van der Waals surface area contributed by atoms with E-state index in [1.54, 1.807) is 6.92 Å². The Kier molecular flexibility index (Phi) is 4.31. The molecular formula is C20H26N4O3. The lowest BCUT2D eigenvalue weighted by atomic mass is 9.87. The number of ether oxygens (including phenoxy) is 1. The number of nitrogens with one attached hydrogen (secondary N) is 1. The van der Waals surface area contributed by atoms with Crippen molar-refractivity contribution in [1.82, 2.24) is 15.0 Å². The van der Waals surface area contributed by atoms with E-state index in [9.17, 15) is 5.11 Å². The predicted molar refractivity (Wildman–Crippen MR) is 104 cm³/mol. The van der Waals surface area contributed by atoms with Gasteiger partial charge in [-0.2, -0.15) is 0 Å². The smallest absolute Gasteiger partial charge is 0.229 e. The van der Waals surface area contributed by atoms with Crippen molar-refractivity contribution in [3.8, 4) is 0 Å². The molecule has 3 aromatic heterocycles. The van der Waals surface area contributed by atoms with Gasteiger partial charge in [-0.05, 0) is 32.3 Å². The van der Waals surface area contributed by atoms with Crippen LogP contribution >= 0.6 is 0 Å². The van der Waals surface area contributed by atoms with E-state index in [1.807, 2.05) is 0 Å². The summed E-state index contributed by atoms with van der Waals surface area (Å²) in [6, 6.07) is 0. The van der Waals surface area contributed by atoms with Gasteiger partial charge in [0.1, 0.15) is 11.8 Å². The molecule has 4 rings (SSSR count). The molecule has 7 heteroatoms. The molecule has 0 bridgehead atoms. The number of aliphatic hydroxyl groups excluding tert-OH is 1. The third-order valence-electron chi connectivity index (χ3n) is 4.97. The second-order valence-electron chi connectivity index (χ2n) is 8.25. The number of pyridine rings is 1. The van der Waals surface area contributed by atoms with Crippen LogP contribution in [0.25, 0.3) is 22.2 Å². The van der Waals surface area contributed by atoms with Crippen LogP contribution in [0, 0.1) is 0 Å². The fourth-order valence-corrected chi connectivity index (χ4v) is 3.68. The average Bonchev–Trinajstić information content (AvgIpc) is 2.97.